The molecule has 0 saturated carbocycles. The number of phenols is 4. The molecule has 0 aliphatic carbocycles. The molecule has 10 N–H and O–H groups in total. The largest absolute Gasteiger partial charge is 1.00 e. The molecule has 230 valence electrons. The number of aromatic hydroxyl groups is 4. The highest BCUT2D eigenvalue weighted by Gasteiger charge is 2.50. The normalized spacial score (nSPS) is 31.4. The molecule has 0 bridgehead atoms. The maximum Gasteiger partial charge on any atom is 0.402 e. The summed E-state index contributed by atoms with van der Waals surface area (Å²) in [4.78, 5) is 0. The first-order valence-corrected chi connectivity index (χ1v) is 12.4. The third kappa shape index (κ3) is 5.97. The summed E-state index contributed by atoms with van der Waals surface area (Å²) in [6.07, 6.45) is -14.6. The summed E-state index contributed by atoms with van der Waals surface area (Å²) in [6.45, 7) is -1.18. The van der Waals surface area contributed by atoms with Crippen LogP contribution in [0.3, 0.4) is 0 Å². The smallest absolute Gasteiger partial charge is 0.402 e. The van der Waals surface area contributed by atoms with Crippen molar-refractivity contribution < 1.29 is 86.8 Å². The molecule has 3 heterocycles. The van der Waals surface area contributed by atoms with Gasteiger partial charge in [-0.2, -0.15) is 0 Å². The predicted octanol–water partition coefficient (Wildman–Crippen LogP) is -4.15. The second-order valence-corrected chi connectivity index (χ2v) is 9.70. The van der Waals surface area contributed by atoms with Gasteiger partial charge in [-0.1, -0.05) is 0 Å². The second kappa shape index (κ2) is 12.6. The zero-order valence-electron chi connectivity index (χ0n) is 21.5. The van der Waals surface area contributed by atoms with Gasteiger partial charge in [0.15, 0.2) is 23.9 Å². The van der Waals surface area contributed by atoms with Crippen LogP contribution in [0.5, 0.6) is 28.7 Å². The summed E-state index contributed by atoms with van der Waals surface area (Å²) in [5.41, 5.74) is 0.139. The van der Waals surface area contributed by atoms with Crippen molar-refractivity contribution in [1.82, 2.24) is 0 Å². The van der Waals surface area contributed by atoms with E-state index in [-0.39, 0.29) is 46.2 Å². The van der Waals surface area contributed by atoms with Crippen LogP contribution in [0, 0.1) is 0 Å². The Morgan fingerprint density at radius 2 is 1.55 bits per heavy atom. The molecule has 2 saturated heterocycles. The van der Waals surface area contributed by atoms with E-state index in [4.69, 9.17) is 23.4 Å². The first-order chi connectivity index (χ1) is 19.5. The van der Waals surface area contributed by atoms with E-state index >= 15 is 0 Å². The number of ether oxygens (including phenoxy) is 4. The Balaban J connectivity index is 0.00000405. The monoisotopic (exact) mass is 616 g/mol. The molecule has 0 amide bonds. The minimum Gasteiger partial charge on any atom is -1.00 e. The number of phenolic OH excluding ortho intramolecular Hbond substituents is 4. The maximum absolute atomic E-state index is 10.9. The van der Waals surface area contributed by atoms with E-state index in [1.807, 2.05) is 0 Å². The van der Waals surface area contributed by atoms with Crippen molar-refractivity contribution in [1.29, 1.82) is 0 Å². The number of rotatable bonds is 6. The Morgan fingerprint density at radius 3 is 2.24 bits per heavy atom. The second-order valence-electron chi connectivity index (χ2n) is 9.70. The Morgan fingerprint density at radius 1 is 0.810 bits per heavy atom. The van der Waals surface area contributed by atoms with Gasteiger partial charge < -0.3 is 82.4 Å². The van der Waals surface area contributed by atoms with Crippen molar-refractivity contribution in [3.05, 3.63) is 36.4 Å². The molecule has 16 heteroatoms. The Hall–Kier alpha value is -3.22. The molecule has 9 atom stereocenters. The van der Waals surface area contributed by atoms with Crippen LogP contribution >= 0.6 is 0 Å². The first-order valence-electron chi connectivity index (χ1n) is 12.4. The molecule has 2 aromatic carbocycles. The molecular formula is C26H29ClO15. The summed E-state index contributed by atoms with van der Waals surface area (Å²) < 4.78 is 28.5. The van der Waals surface area contributed by atoms with Crippen molar-refractivity contribution in [3.8, 4) is 40.1 Å². The highest BCUT2D eigenvalue weighted by Crippen LogP contribution is 2.42. The number of hydrogen-bond acceptors (Lipinski definition) is 14. The fourth-order valence-corrected chi connectivity index (χ4v) is 4.61. The molecule has 0 spiro atoms. The van der Waals surface area contributed by atoms with Crippen LogP contribution in [-0.2, 0) is 14.2 Å². The molecule has 15 nitrogen and oxygen atoms in total. The molecule has 2 aliphatic heterocycles. The van der Waals surface area contributed by atoms with Crippen LogP contribution in [0.1, 0.15) is 0 Å². The summed E-state index contributed by atoms with van der Waals surface area (Å²) in [6, 6.07) is 7.19. The van der Waals surface area contributed by atoms with E-state index < -0.39 is 85.8 Å². The first kappa shape index (κ1) is 31.7. The number of halogens is 1. The maximum atomic E-state index is 10.9. The van der Waals surface area contributed by atoms with E-state index in [9.17, 15) is 51.1 Å². The molecular weight excluding hydrogens is 588 g/mol. The van der Waals surface area contributed by atoms with Crippen molar-refractivity contribution >= 4 is 11.0 Å². The summed E-state index contributed by atoms with van der Waals surface area (Å²) in [7, 11) is 0. The zero-order chi connectivity index (χ0) is 29.6. The number of aliphatic hydroxyl groups is 6. The SMILES string of the molecule is OC[C@H]1O[C@@H](Oc2cc3c(O)cc(O)cc3[o+]c2-c2ccc(O)c(O)c2)[C@H](O[C@@H]2OC[C@@H](O)[C@H](O)[C@H]2O)[C@@H](O)[C@@H]1O.[Cl-]. The van der Waals surface area contributed by atoms with Gasteiger partial charge in [-0.3, -0.25) is 0 Å². The molecule has 1 aromatic heterocycles. The molecule has 5 rings (SSSR count). The number of fused-ring (bicyclic) bond motifs is 1. The summed E-state index contributed by atoms with van der Waals surface area (Å²) >= 11 is 0. The van der Waals surface area contributed by atoms with Gasteiger partial charge in [0.2, 0.25) is 12.0 Å². The Labute approximate surface area is 243 Å². The van der Waals surface area contributed by atoms with Crippen LogP contribution < -0.4 is 17.1 Å². The Kier molecular flexibility index (Phi) is 9.49. The van der Waals surface area contributed by atoms with Gasteiger partial charge in [0, 0.05) is 18.2 Å². The van der Waals surface area contributed by atoms with Gasteiger partial charge in [0.05, 0.1) is 24.8 Å². The van der Waals surface area contributed by atoms with Crippen LogP contribution in [0.4, 0.5) is 0 Å². The van der Waals surface area contributed by atoms with Crippen LogP contribution in [0.25, 0.3) is 22.3 Å². The van der Waals surface area contributed by atoms with E-state index in [2.05, 4.69) is 0 Å². The number of aliphatic hydroxyl groups excluding tert-OH is 6. The van der Waals surface area contributed by atoms with E-state index in [1.54, 1.807) is 0 Å². The van der Waals surface area contributed by atoms with E-state index in [1.165, 1.54) is 24.3 Å². The number of benzene rings is 2. The van der Waals surface area contributed by atoms with Crippen LogP contribution in [-0.4, -0.2) is 120 Å². The van der Waals surface area contributed by atoms with Crippen molar-refractivity contribution in [2.24, 2.45) is 0 Å². The lowest BCUT2D eigenvalue weighted by Gasteiger charge is -2.44. The van der Waals surface area contributed by atoms with Crippen molar-refractivity contribution in [3.63, 3.8) is 0 Å². The standard InChI is InChI=1S/C26H28O15.ClH/c27-7-18-20(34)21(35)24(41-25-22(36)19(33)15(32)8-37-25)26(40-18)39-17-6-11-13(30)4-10(28)5-16(11)38-23(17)9-1-2-12(29)14(31)3-9;/h1-6,15,18-22,24-27,32-36H,7-8H2,(H3-,28,29,30,31);1H/t15-,18-,19+,20-,21+,22-,24-,25+,26-;/m1./s1. The zero-order valence-corrected chi connectivity index (χ0v) is 22.2. The lowest BCUT2D eigenvalue weighted by molar-refractivity contribution is -0.344. The van der Waals surface area contributed by atoms with Gasteiger partial charge in [-0.05, 0) is 12.1 Å². The van der Waals surface area contributed by atoms with Crippen LogP contribution in [0.15, 0.2) is 40.8 Å². The average molecular weight is 617 g/mol. The van der Waals surface area contributed by atoms with Crippen LogP contribution in [0.2, 0.25) is 0 Å². The lowest BCUT2D eigenvalue weighted by atomic mass is 9.98. The molecule has 2 aliphatic rings. The molecule has 0 radical (unpaired) electrons. The molecule has 3 aromatic rings. The molecule has 42 heavy (non-hydrogen) atoms. The predicted molar refractivity (Wildman–Crippen MR) is 134 cm³/mol. The van der Waals surface area contributed by atoms with Gasteiger partial charge in [0.1, 0.15) is 53.5 Å². The molecule has 0 unspecified atom stereocenters. The van der Waals surface area contributed by atoms with Gasteiger partial charge in [0.25, 0.3) is 0 Å². The lowest BCUT2D eigenvalue weighted by Crippen LogP contribution is -3.00. The summed E-state index contributed by atoms with van der Waals surface area (Å²) in [5, 5.41) is 101. The minimum atomic E-state index is -1.80. The fourth-order valence-electron chi connectivity index (χ4n) is 4.61. The third-order valence-corrected chi connectivity index (χ3v) is 6.87. The highest BCUT2D eigenvalue weighted by atomic mass is 35.5. The van der Waals surface area contributed by atoms with Crippen molar-refractivity contribution in [2.45, 2.75) is 55.3 Å². The molecule has 2 fully saturated rings. The van der Waals surface area contributed by atoms with Gasteiger partial charge >= 0.3 is 11.3 Å². The minimum absolute atomic E-state index is 0. The van der Waals surface area contributed by atoms with Gasteiger partial charge in [-0.25, -0.2) is 4.42 Å². The number of hydrogen-bond donors (Lipinski definition) is 10. The average Bonchev–Trinajstić information content (AvgIpc) is 2.94. The van der Waals surface area contributed by atoms with Crippen molar-refractivity contribution in [2.75, 3.05) is 13.2 Å². The quantitative estimate of drug-likeness (QED) is 0.0932. The topological polar surface area (TPSA) is 251 Å². The Bertz CT molecular complexity index is 1410. The highest BCUT2D eigenvalue weighted by molar-refractivity contribution is 5.88. The van der Waals surface area contributed by atoms with E-state index in [0.717, 1.165) is 12.1 Å². The van der Waals surface area contributed by atoms with Gasteiger partial charge in [-0.15, -0.1) is 0 Å². The summed E-state index contributed by atoms with van der Waals surface area (Å²) in [5.74, 6) is -1.98. The fraction of sp³-hybridized carbons (Fsp3) is 0.423. The third-order valence-electron chi connectivity index (χ3n) is 6.87. The van der Waals surface area contributed by atoms with E-state index in [0.29, 0.717) is 0 Å².